The highest BCUT2D eigenvalue weighted by atomic mass is 15.1. The zero-order valence-electron chi connectivity index (χ0n) is 36.4. The van der Waals surface area contributed by atoms with Gasteiger partial charge in [0.1, 0.15) is 0 Å². The van der Waals surface area contributed by atoms with Crippen LogP contribution >= 0.6 is 0 Å². The average Bonchev–Trinajstić information content (AvgIpc) is 3.46. The molecule has 0 amide bonds. The van der Waals surface area contributed by atoms with Crippen LogP contribution in [0.2, 0.25) is 0 Å². The molecule has 0 saturated heterocycles. The Morgan fingerprint density at radius 2 is 1.12 bits per heavy atom. The Morgan fingerprint density at radius 1 is 0.483 bits per heavy atom. The highest BCUT2D eigenvalue weighted by Gasteiger charge is 2.36. The molecular weight excluding hydrogens is 699 g/mol. The third-order valence-corrected chi connectivity index (χ3v) is 13.9. The Kier molecular flexibility index (Phi) is 9.82. The molecule has 58 heavy (non-hydrogen) atoms. The lowest BCUT2D eigenvalue weighted by atomic mass is 9.78. The van der Waals surface area contributed by atoms with Crippen molar-refractivity contribution in [1.82, 2.24) is 0 Å². The zero-order chi connectivity index (χ0) is 40.4. The summed E-state index contributed by atoms with van der Waals surface area (Å²) in [5.41, 5.74) is 22.1. The molecule has 3 aliphatic rings. The van der Waals surface area contributed by atoms with E-state index in [9.17, 15) is 0 Å². The van der Waals surface area contributed by atoms with Crippen molar-refractivity contribution in [3.05, 3.63) is 160 Å². The fourth-order valence-electron chi connectivity index (χ4n) is 10.4. The summed E-state index contributed by atoms with van der Waals surface area (Å²) in [7, 11) is 0. The summed E-state index contributed by atoms with van der Waals surface area (Å²) in [6.07, 6.45) is 11.5. The van der Waals surface area contributed by atoms with Gasteiger partial charge in [0.25, 0.3) is 0 Å². The first kappa shape index (κ1) is 38.6. The molecule has 3 aliphatic carbocycles. The summed E-state index contributed by atoms with van der Waals surface area (Å²) >= 11 is 0. The van der Waals surface area contributed by atoms with Gasteiger partial charge in [0.2, 0.25) is 0 Å². The molecular formula is C57H63N. The number of fused-ring (bicyclic) bond motifs is 4. The molecule has 1 nitrogen and oxygen atoms in total. The second kappa shape index (κ2) is 14.7. The first-order valence-corrected chi connectivity index (χ1v) is 22.3. The Labute approximate surface area is 349 Å². The van der Waals surface area contributed by atoms with E-state index >= 15 is 0 Å². The third-order valence-electron chi connectivity index (χ3n) is 13.9. The molecule has 0 spiro atoms. The predicted octanol–water partition coefficient (Wildman–Crippen LogP) is 16.3. The van der Waals surface area contributed by atoms with Gasteiger partial charge in [-0.2, -0.15) is 0 Å². The maximum atomic E-state index is 2.52. The van der Waals surface area contributed by atoms with Gasteiger partial charge in [0, 0.05) is 22.5 Å². The van der Waals surface area contributed by atoms with Crippen LogP contribution in [0.5, 0.6) is 0 Å². The van der Waals surface area contributed by atoms with E-state index in [1.807, 2.05) is 0 Å². The number of rotatable bonds is 6. The van der Waals surface area contributed by atoms with Gasteiger partial charge in [-0.3, -0.25) is 0 Å². The number of hydrogen-bond donors (Lipinski definition) is 0. The minimum atomic E-state index is -0.0639. The number of benzene rings is 6. The number of aryl methyl sites for hydroxylation is 1. The monoisotopic (exact) mass is 761 g/mol. The van der Waals surface area contributed by atoms with Crippen molar-refractivity contribution in [2.45, 2.75) is 135 Å². The minimum Gasteiger partial charge on any atom is -0.310 e. The van der Waals surface area contributed by atoms with E-state index in [-0.39, 0.29) is 16.2 Å². The quantitative estimate of drug-likeness (QED) is 0.163. The van der Waals surface area contributed by atoms with Crippen molar-refractivity contribution in [3.63, 3.8) is 0 Å². The van der Waals surface area contributed by atoms with E-state index in [1.165, 1.54) is 129 Å². The third kappa shape index (κ3) is 7.14. The van der Waals surface area contributed by atoms with Crippen molar-refractivity contribution in [2.24, 2.45) is 0 Å². The van der Waals surface area contributed by atoms with Crippen LogP contribution in [0.4, 0.5) is 17.1 Å². The van der Waals surface area contributed by atoms with Crippen LogP contribution in [-0.2, 0) is 29.1 Å². The Morgan fingerprint density at radius 3 is 1.84 bits per heavy atom. The van der Waals surface area contributed by atoms with Gasteiger partial charge in [-0.1, -0.05) is 154 Å². The highest BCUT2D eigenvalue weighted by molar-refractivity contribution is 5.86. The summed E-state index contributed by atoms with van der Waals surface area (Å²) in [5, 5.41) is 0. The van der Waals surface area contributed by atoms with Crippen LogP contribution in [-0.4, -0.2) is 0 Å². The average molecular weight is 762 g/mol. The molecule has 9 rings (SSSR count). The molecule has 6 aromatic carbocycles. The van der Waals surface area contributed by atoms with E-state index in [0.29, 0.717) is 5.92 Å². The minimum absolute atomic E-state index is 0.0639. The molecule has 0 unspecified atom stereocenters. The van der Waals surface area contributed by atoms with Gasteiger partial charge in [0.05, 0.1) is 0 Å². The first-order valence-electron chi connectivity index (χ1n) is 22.3. The topological polar surface area (TPSA) is 3.24 Å². The molecule has 0 aromatic heterocycles. The molecule has 1 heteroatoms. The standard InChI is InChI=1S/C57H63N/c1-55(2,3)44-32-43(33-45(36-44)56(4,5)6)42-31-41-19-12-13-22-49(41)52(35-42)39-25-27-46(28-26-39)58(47-21-16-20-40(34-47)38-17-10-9-11-18-38)48-29-30-51-50-23-14-15-24-53(50)57(7,8)54(51)37-48/h14-16,20-21,23-38H,9-13,17-19,22H2,1-8H3. The normalized spacial score (nSPS) is 16.4. The van der Waals surface area contributed by atoms with Crippen LogP contribution < -0.4 is 4.90 Å². The van der Waals surface area contributed by atoms with Crippen LogP contribution in [0.25, 0.3) is 33.4 Å². The van der Waals surface area contributed by atoms with Crippen molar-refractivity contribution in [2.75, 3.05) is 4.90 Å². The lowest BCUT2D eigenvalue weighted by Gasteiger charge is -2.30. The maximum absolute atomic E-state index is 2.52. The summed E-state index contributed by atoms with van der Waals surface area (Å²) in [5.74, 6) is 0.647. The SMILES string of the molecule is CC(C)(C)c1cc(-c2cc3c(c(-c4ccc(N(c5cccc(C6CCCCC6)c5)c5ccc6c(c5)C(C)(C)c5ccccc5-6)cc4)c2)CCCC3)cc(C(C)(C)C)c1. The Bertz CT molecular complexity index is 2440. The lowest BCUT2D eigenvalue weighted by Crippen LogP contribution is -2.16. The molecule has 0 heterocycles. The second-order valence-electron chi connectivity index (χ2n) is 20.4. The van der Waals surface area contributed by atoms with Gasteiger partial charge < -0.3 is 4.90 Å². The number of hydrogen-bond acceptors (Lipinski definition) is 1. The molecule has 296 valence electrons. The predicted molar refractivity (Wildman–Crippen MR) is 249 cm³/mol. The van der Waals surface area contributed by atoms with E-state index in [0.717, 1.165) is 12.8 Å². The summed E-state index contributed by atoms with van der Waals surface area (Å²) in [6.45, 7) is 18.8. The molecule has 1 saturated carbocycles. The van der Waals surface area contributed by atoms with E-state index in [2.05, 4.69) is 182 Å². The molecule has 0 radical (unpaired) electrons. The molecule has 0 N–H and O–H groups in total. The maximum Gasteiger partial charge on any atom is 0.0465 e. The highest BCUT2D eigenvalue weighted by Crippen LogP contribution is 2.51. The van der Waals surface area contributed by atoms with Crippen molar-refractivity contribution in [1.29, 1.82) is 0 Å². The summed E-state index contributed by atoms with van der Waals surface area (Å²) in [6, 6.07) is 47.7. The van der Waals surface area contributed by atoms with Gasteiger partial charge in [0.15, 0.2) is 0 Å². The van der Waals surface area contributed by atoms with Crippen LogP contribution in [0.3, 0.4) is 0 Å². The number of anilines is 3. The molecule has 0 bridgehead atoms. The summed E-state index contributed by atoms with van der Waals surface area (Å²) in [4.78, 5) is 2.52. The van der Waals surface area contributed by atoms with Gasteiger partial charge in [-0.25, -0.2) is 0 Å². The van der Waals surface area contributed by atoms with E-state index < -0.39 is 0 Å². The summed E-state index contributed by atoms with van der Waals surface area (Å²) < 4.78 is 0. The molecule has 6 aromatic rings. The fraction of sp³-hybridized carbons (Fsp3) is 0.368. The molecule has 0 aliphatic heterocycles. The van der Waals surface area contributed by atoms with Crippen molar-refractivity contribution < 1.29 is 0 Å². The van der Waals surface area contributed by atoms with E-state index in [1.54, 1.807) is 5.56 Å². The van der Waals surface area contributed by atoms with Crippen LogP contribution in [0.1, 0.15) is 145 Å². The van der Waals surface area contributed by atoms with E-state index in [4.69, 9.17) is 0 Å². The molecule has 0 atom stereocenters. The Hall–Kier alpha value is -4.88. The number of nitrogens with zero attached hydrogens (tertiary/aromatic N) is 1. The zero-order valence-corrected chi connectivity index (χ0v) is 36.4. The smallest absolute Gasteiger partial charge is 0.0465 e. The second-order valence-corrected chi connectivity index (χ2v) is 20.4. The largest absolute Gasteiger partial charge is 0.310 e. The van der Waals surface area contributed by atoms with Crippen LogP contribution in [0, 0.1) is 0 Å². The molecule has 1 fully saturated rings. The van der Waals surface area contributed by atoms with Gasteiger partial charge in [-0.15, -0.1) is 0 Å². The van der Waals surface area contributed by atoms with Gasteiger partial charge >= 0.3 is 0 Å². The first-order chi connectivity index (χ1) is 27.8. The van der Waals surface area contributed by atoms with Crippen molar-refractivity contribution in [3.8, 4) is 33.4 Å². The van der Waals surface area contributed by atoms with Crippen molar-refractivity contribution >= 4 is 17.1 Å². The fourth-order valence-corrected chi connectivity index (χ4v) is 10.4. The van der Waals surface area contributed by atoms with Crippen LogP contribution in [0.15, 0.2) is 121 Å². The van der Waals surface area contributed by atoms with Gasteiger partial charge in [-0.05, 0) is 170 Å². The lowest BCUT2D eigenvalue weighted by molar-refractivity contribution is 0.443. The Balaban J connectivity index is 1.16.